The first-order chi connectivity index (χ1) is 13.8. The zero-order valence-corrected chi connectivity index (χ0v) is 16.3. The van der Waals surface area contributed by atoms with Crippen LogP contribution in [-0.2, 0) is 17.8 Å². The van der Waals surface area contributed by atoms with Crippen LogP contribution < -0.4 is 4.90 Å². The number of para-hydroxylation sites is 2. The van der Waals surface area contributed by atoms with Gasteiger partial charge < -0.3 is 14.7 Å². The van der Waals surface area contributed by atoms with Crippen LogP contribution in [0.25, 0.3) is 27.3 Å². The molecular formula is C19H20N6O2S. The molecule has 1 N–H and O–H groups in total. The van der Waals surface area contributed by atoms with Crippen molar-refractivity contribution in [3.63, 3.8) is 0 Å². The van der Waals surface area contributed by atoms with Crippen molar-refractivity contribution in [1.29, 1.82) is 0 Å². The average molecular weight is 396 g/mol. The van der Waals surface area contributed by atoms with Gasteiger partial charge in [-0.15, -0.1) is 0 Å². The van der Waals surface area contributed by atoms with Gasteiger partial charge in [0.25, 0.3) is 0 Å². The Kier molecular flexibility index (Phi) is 4.42. The second kappa shape index (κ2) is 7.08. The first kappa shape index (κ1) is 17.5. The first-order valence-electron chi connectivity index (χ1n) is 9.36. The summed E-state index contributed by atoms with van der Waals surface area (Å²) in [5, 5.41) is 10.2. The van der Waals surface area contributed by atoms with E-state index in [2.05, 4.69) is 16.8 Å². The summed E-state index contributed by atoms with van der Waals surface area (Å²) in [5.41, 5.74) is 2.65. The Hall–Kier alpha value is -2.62. The Morgan fingerprint density at radius 1 is 1.11 bits per heavy atom. The number of anilines is 1. The SMILES string of the molecule is CCc1nc2ccccc2n1-c1nc(N2CCOCC2)c2nc(CO)sc2n1. The summed E-state index contributed by atoms with van der Waals surface area (Å²) in [6.07, 6.45) is 0.771. The van der Waals surface area contributed by atoms with Crippen LogP contribution in [0.3, 0.4) is 0 Å². The normalized spacial score (nSPS) is 15.0. The van der Waals surface area contributed by atoms with E-state index in [-0.39, 0.29) is 6.61 Å². The van der Waals surface area contributed by atoms with Crippen LogP contribution in [0.4, 0.5) is 5.82 Å². The van der Waals surface area contributed by atoms with Crippen molar-refractivity contribution in [2.75, 3.05) is 31.2 Å². The van der Waals surface area contributed by atoms with Crippen LogP contribution in [0.1, 0.15) is 17.8 Å². The van der Waals surface area contributed by atoms with Gasteiger partial charge in [-0.3, -0.25) is 4.57 Å². The minimum atomic E-state index is -0.104. The third kappa shape index (κ3) is 2.83. The van der Waals surface area contributed by atoms with Crippen molar-refractivity contribution in [2.45, 2.75) is 20.0 Å². The standard InChI is InChI=1S/C19H20N6O2S/c1-2-14-20-12-5-3-4-6-13(12)25(14)19-22-17(24-7-9-27-10-8-24)16-18(23-19)28-15(11-26)21-16/h3-6,26H,2,7-11H2,1H3. The number of imidazole rings is 1. The quantitative estimate of drug-likeness (QED) is 0.566. The second-order valence-electron chi connectivity index (χ2n) is 6.57. The minimum absolute atomic E-state index is 0.104. The summed E-state index contributed by atoms with van der Waals surface area (Å²) < 4.78 is 7.52. The molecule has 5 rings (SSSR count). The van der Waals surface area contributed by atoms with E-state index in [1.54, 1.807) is 0 Å². The molecule has 0 aliphatic carbocycles. The van der Waals surface area contributed by atoms with Gasteiger partial charge in [0.05, 0.1) is 30.9 Å². The molecule has 0 spiro atoms. The molecular weight excluding hydrogens is 376 g/mol. The lowest BCUT2D eigenvalue weighted by molar-refractivity contribution is 0.122. The number of aliphatic hydroxyl groups is 1. The van der Waals surface area contributed by atoms with E-state index in [1.807, 2.05) is 28.8 Å². The van der Waals surface area contributed by atoms with Gasteiger partial charge in [0.15, 0.2) is 10.6 Å². The molecule has 1 aliphatic heterocycles. The van der Waals surface area contributed by atoms with Gasteiger partial charge in [0.2, 0.25) is 5.95 Å². The van der Waals surface area contributed by atoms with E-state index in [0.29, 0.717) is 24.2 Å². The predicted octanol–water partition coefficient (Wildman–Crippen LogP) is 2.32. The number of aryl methyl sites for hydroxylation is 1. The zero-order valence-electron chi connectivity index (χ0n) is 15.5. The number of thiazole rings is 1. The molecule has 144 valence electrons. The van der Waals surface area contributed by atoms with Gasteiger partial charge in [-0.1, -0.05) is 30.4 Å². The lowest BCUT2D eigenvalue weighted by Crippen LogP contribution is -2.37. The Bertz CT molecular complexity index is 1150. The average Bonchev–Trinajstić information content (AvgIpc) is 3.34. The molecule has 0 unspecified atom stereocenters. The third-order valence-corrected chi connectivity index (χ3v) is 5.80. The lowest BCUT2D eigenvalue weighted by Gasteiger charge is -2.28. The van der Waals surface area contributed by atoms with Crippen LogP contribution >= 0.6 is 11.3 Å². The molecule has 1 fully saturated rings. The maximum atomic E-state index is 9.57. The van der Waals surface area contributed by atoms with Gasteiger partial charge in [-0.25, -0.2) is 9.97 Å². The van der Waals surface area contributed by atoms with E-state index in [4.69, 9.17) is 19.7 Å². The molecule has 0 atom stereocenters. The first-order valence-corrected chi connectivity index (χ1v) is 10.2. The highest BCUT2D eigenvalue weighted by atomic mass is 32.1. The number of nitrogens with zero attached hydrogens (tertiary/aromatic N) is 6. The van der Waals surface area contributed by atoms with Crippen LogP contribution in [0.2, 0.25) is 0 Å². The number of fused-ring (bicyclic) bond motifs is 2. The van der Waals surface area contributed by atoms with Gasteiger partial charge >= 0.3 is 0 Å². The highest BCUT2D eigenvalue weighted by Gasteiger charge is 2.22. The minimum Gasteiger partial charge on any atom is -0.389 e. The van der Waals surface area contributed by atoms with Crippen LogP contribution in [-0.4, -0.2) is 55.9 Å². The fraction of sp³-hybridized carbons (Fsp3) is 0.368. The van der Waals surface area contributed by atoms with E-state index in [9.17, 15) is 5.11 Å². The number of morpholine rings is 1. The van der Waals surface area contributed by atoms with E-state index < -0.39 is 0 Å². The molecule has 9 heteroatoms. The summed E-state index contributed by atoms with van der Waals surface area (Å²) in [4.78, 5) is 22.0. The van der Waals surface area contributed by atoms with Crippen molar-refractivity contribution in [3.8, 4) is 5.95 Å². The number of ether oxygens (including phenoxy) is 1. The smallest absolute Gasteiger partial charge is 0.239 e. The maximum Gasteiger partial charge on any atom is 0.239 e. The second-order valence-corrected chi connectivity index (χ2v) is 7.63. The summed E-state index contributed by atoms with van der Waals surface area (Å²) >= 11 is 1.40. The lowest BCUT2D eigenvalue weighted by atomic mass is 10.3. The van der Waals surface area contributed by atoms with Gasteiger partial charge in [0, 0.05) is 19.5 Å². The highest BCUT2D eigenvalue weighted by molar-refractivity contribution is 7.18. The largest absolute Gasteiger partial charge is 0.389 e. The number of hydrogen-bond acceptors (Lipinski definition) is 8. The monoisotopic (exact) mass is 396 g/mol. The Labute approximate surface area is 165 Å². The van der Waals surface area contributed by atoms with Crippen LogP contribution in [0, 0.1) is 0 Å². The number of aliphatic hydroxyl groups excluding tert-OH is 1. The summed E-state index contributed by atoms with van der Waals surface area (Å²) in [6.45, 7) is 4.80. The van der Waals surface area contributed by atoms with Crippen LogP contribution in [0.5, 0.6) is 0 Å². The number of hydrogen-bond donors (Lipinski definition) is 1. The fourth-order valence-electron chi connectivity index (χ4n) is 3.54. The van der Waals surface area contributed by atoms with Crippen molar-refractivity contribution < 1.29 is 9.84 Å². The van der Waals surface area contributed by atoms with Gasteiger partial charge in [-0.2, -0.15) is 9.97 Å². The predicted molar refractivity (Wildman–Crippen MR) is 108 cm³/mol. The van der Waals surface area contributed by atoms with Crippen molar-refractivity contribution in [2.24, 2.45) is 0 Å². The molecule has 4 heterocycles. The molecule has 8 nitrogen and oxygen atoms in total. The topological polar surface area (TPSA) is 89.2 Å². The molecule has 3 aromatic heterocycles. The van der Waals surface area contributed by atoms with Crippen molar-refractivity contribution in [1.82, 2.24) is 24.5 Å². The molecule has 1 aliphatic rings. The van der Waals surface area contributed by atoms with E-state index >= 15 is 0 Å². The number of aromatic nitrogens is 5. The summed E-state index contributed by atoms with van der Waals surface area (Å²) in [5.74, 6) is 2.30. The van der Waals surface area contributed by atoms with Crippen molar-refractivity contribution >= 4 is 38.5 Å². The third-order valence-electron chi connectivity index (χ3n) is 4.87. The molecule has 0 saturated carbocycles. The number of benzene rings is 1. The Morgan fingerprint density at radius 3 is 2.71 bits per heavy atom. The highest BCUT2D eigenvalue weighted by Crippen LogP contribution is 2.31. The maximum absolute atomic E-state index is 9.57. The summed E-state index contributed by atoms with van der Waals surface area (Å²) in [7, 11) is 0. The molecule has 0 bridgehead atoms. The zero-order chi connectivity index (χ0) is 19.1. The number of rotatable bonds is 4. The Morgan fingerprint density at radius 2 is 1.93 bits per heavy atom. The molecule has 1 aromatic carbocycles. The molecule has 1 saturated heterocycles. The fourth-order valence-corrected chi connectivity index (χ4v) is 4.33. The molecule has 0 amide bonds. The van der Waals surface area contributed by atoms with Crippen molar-refractivity contribution in [3.05, 3.63) is 35.1 Å². The molecule has 28 heavy (non-hydrogen) atoms. The van der Waals surface area contributed by atoms with E-state index in [1.165, 1.54) is 11.3 Å². The van der Waals surface area contributed by atoms with E-state index in [0.717, 1.165) is 52.5 Å². The molecule has 0 radical (unpaired) electrons. The molecule has 4 aromatic rings. The van der Waals surface area contributed by atoms with Crippen LogP contribution in [0.15, 0.2) is 24.3 Å². The summed E-state index contributed by atoms with van der Waals surface area (Å²) in [6, 6.07) is 8.02. The Balaban J connectivity index is 1.76. The van der Waals surface area contributed by atoms with Gasteiger partial charge in [0.1, 0.15) is 16.3 Å². The van der Waals surface area contributed by atoms with Gasteiger partial charge in [-0.05, 0) is 12.1 Å².